The highest BCUT2D eigenvalue weighted by molar-refractivity contribution is 7.98. The molecule has 102 valence electrons. The Morgan fingerprint density at radius 2 is 2.16 bits per heavy atom. The smallest absolute Gasteiger partial charge is 0.128 e. The molecule has 19 heavy (non-hydrogen) atoms. The topological polar surface area (TPSA) is 48.1 Å². The summed E-state index contributed by atoms with van der Waals surface area (Å²) in [7, 11) is 1.66. The number of rotatable bonds is 6. The molecule has 0 amide bonds. The number of hydrogen-bond acceptors (Lipinski definition) is 4. The molecule has 0 radical (unpaired) electrons. The first kappa shape index (κ1) is 14.0. The molecule has 0 saturated heterocycles. The standard InChI is InChI=1S/C15H20N2OS/c1-3-4-7-19-10-12-8-11-5-6-13(18-2)9-14(11)17-15(12)16/h5-6,8-9H,3-4,7,10H2,1-2H3,(H2,16,17). The average Bonchev–Trinajstić information content (AvgIpc) is 2.43. The number of nitrogens with zero attached hydrogens (tertiary/aromatic N) is 1. The molecule has 0 saturated carbocycles. The number of aromatic nitrogens is 1. The van der Waals surface area contributed by atoms with E-state index in [2.05, 4.69) is 18.0 Å². The molecular weight excluding hydrogens is 256 g/mol. The van der Waals surface area contributed by atoms with Gasteiger partial charge in [-0.3, -0.25) is 0 Å². The monoisotopic (exact) mass is 276 g/mol. The molecule has 1 aromatic carbocycles. The second-order valence-electron chi connectivity index (χ2n) is 4.50. The Labute approximate surface area is 118 Å². The van der Waals surface area contributed by atoms with Crippen molar-refractivity contribution in [1.29, 1.82) is 0 Å². The van der Waals surface area contributed by atoms with Crippen LogP contribution in [0.4, 0.5) is 5.82 Å². The summed E-state index contributed by atoms with van der Waals surface area (Å²) in [5.74, 6) is 3.55. The SMILES string of the molecule is CCCCSCc1cc2ccc(OC)cc2nc1N. The lowest BCUT2D eigenvalue weighted by Crippen LogP contribution is -1.98. The summed E-state index contributed by atoms with van der Waals surface area (Å²) in [5.41, 5.74) is 8.04. The van der Waals surface area contributed by atoms with Gasteiger partial charge in [-0.15, -0.1) is 0 Å². The molecule has 0 atom stereocenters. The zero-order valence-corrected chi connectivity index (χ0v) is 12.3. The second kappa shape index (κ2) is 6.66. The Bertz CT molecular complexity index is 557. The minimum atomic E-state index is 0.629. The van der Waals surface area contributed by atoms with Crippen molar-refractivity contribution in [2.24, 2.45) is 0 Å². The number of nitrogens with two attached hydrogens (primary N) is 1. The Morgan fingerprint density at radius 3 is 2.89 bits per heavy atom. The summed E-state index contributed by atoms with van der Waals surface area (Å²) < 4.78 is 5.20. The van der Waals surface area contributed by atoms with Crippen LogP contribution in [0.3, 0.4) is 0 Å². The molecule has 1 aromatic heterocycles. The van der Waals surface area contributed by atoms with Crippen LogP contribution in [0.1, 0.15) is 25.3 Å². The minimum absolute atomic E-state index is 0.629. The van der Waals surface area contributed by atoms with E-state index in [0.29, 0.717) is 5.82 Å². The number of ether oxygens (including phenoxy) is 1. The van der Waals surface area contributed by atoms with Crippen LogP contribution < -0.4 is 10.5 Å². The van der Waals surface area contributed by atoms with E-state index in [9.17, 15) is 0 Å². The molecule has 4 heteroatoms. The van der Waals surface area contributed by atoms with Gasteiger partial charge in [0.25, 0.3) is 0 Å². The summed E-state index contributed by atoms with van der Waals surface area (Å²) in [5, 5.41) is 1.11. The van der Waals surface area contributed by atoms with Crippen molar-refractivity contribution in [3.63, 3.8) is 0 Å². The first-order valence-corrected chi connectivity index (χ1v) is 7.71. The van der Waals surface area contributed by atoms with E-state index >= 15 is 0 Å². The van der Waals surface area contributed by atoms with Crippen molar-refractivity contribution in [2.45, 2.75) is 25.5 Å². The number of nitrogen functional groups attached to an aromatic ring is 1. The fraction of sp³-hybridized carbons (Fsp3) is 0.400. The van der Waals surface area contributed by atoms with E-state index in [0.717, 1.165) is 28.0 Å². The predicted molar refractivity (Wildman–Crippen MR) is 83.8 cm³/mol. The summed E-state index contributed by atoms with van der Waals surface area (Å²) in [6.07, 6.45) is 2.49. The number of fused-ring (bicyclic) bond motifs is 1. The van der Waals surface area contributed by atoms with Gasteiger partial charge in [0.15, 0.2) is 0 Å². The summed E-state index contributed by atoms with van der Waals surface area (Å²) >= 11 is 1.92. The molecule has 2 aromatic rings. The summed E-state index contributed by atoms with van der Waals surface area (Å²) in [6.45, 7) is 2.21. The van der Waals surface area contributed by atoms with E-state index in [-0.39, 0.29) is 0 Å². The fourth-order valence-corrected chi connectivity index (χ4v) is 2.96. The summed E-state index contributed by atoms with van der Waals surface area (Å²) in [6, 6.07) is 8.03. The quantitative estimate of drug-likeness (QED) is 0.814. The number of anilines is 1. The maximum atomic E-state index is 6.03. The van der Waals surface area contributed by atoms with E-state index in [1.807, 2.05) is 30.0 Å². The molecule has 1 heterocycles. The van der Waals surface area contributed by atoms with E-state index < -0.39 is 0 Å². The van der Waals surface area contributed by atoms with Gasteiger partial charge in [0.1, 0.15) is 11.6 Å². The molecule has 0 fully saturated rings. The van der Waals surface area contributed by atoms with Gasteiger partial charge in [0, 0.05) is 22.8 Å². The van der Waals surface area contributed by atoms with Crippen LogP contribution in [0, 0.1) is 0 Å². The Balaban J connectivity index is 2.19. The highest BCUT2D eigenvalue weighted by atomic mass is 32.2. The normalized spacial score (nSPS) is 10.8. The highest BCUT2D eigenvalue weighted by Gasteiger charge is 2.05. The molecule has 2 N–H and O–H groups in total. The number of thioether (sulfide) groups is 1. The summed E-state index contributed by atoms with van der Waals surface area (Å²) in [4.78, 5) is 4.47. The Hall–Kier alpha value is -1.42. The van der Waals surface area contributed by atoms with Crippen LogP contribution in [0.25, 0.3) is 10.9 Å². The Morgan fingerprint density at radius 1 is 1.32 bits per heavy atom. The van der Waals surface area contributed by atoms with Gasteiger partial charge in [0.05, 0.1) is 12.6 Å². The van der Waals surface area contributed by atoms with Crippen molar-refractivity contribution in [1.82, 2.24) is 4.98 Å². The fourth-order valence-electron chi connectivity index (χ4n) is 1.88. The van der Waals surface area contributed by atoms with Crippen LogP contribution in [-0.2, 0) is 5.75 Å². The van der Waals surface area contributed by atoms with Gasteiger partial charge in [-0.05, 0) is 30.4 Å². The van der Waals surface area contributed by atoms with Gasteiger partial charge in [0.2, 0.25) is 0 Å². The largest absolute Gasteiger partial charge is 0.497 e. The highest BCUT2D eigenvalue weighted by Crippen LogP contribution is 2.25. The Kier molecular flexibility index (Phi) is 4.91. The van der Waals surface area contributed by atoms with Gasteiger partial charge in [-0.25, -0.2) is 4.98 Å². The third kappa shape index (κ3) is 3.53. The number of benzene rings is 1. The first-order chi connectivity index (χ1) is 9.24. The molecule has 0 aliphatic carbocycles. The van der Waals surface area contributed by atoms with Crippen LogP contribution >= 0.6 is 11.8 Å². The van der Waals surface area contributed by atoms with Crippen LogP contribution in [0.5, 0.6) is 5.75 Å². The number of methoxy groups -OCH3 is 1. The lowest BCUT2D eigenvalue weighted by molar-refractivity contribution is 0.415. The molecular formula is C15H20N2OS. The van der Waals surface area contributed by atoms with E-state index in [1.54, 1.807) is 7.11 Å². The van der Waals surface area contributed by atoms with Crippen molar-refractivity contribution >= 4 is 28.5 Å². The van der Waals surface area contributed by atoms with E-state index in [4.69, 9.17) is 10.5 Å². The maximum Gasteiger partial charge on any atom is 0.128 e. The predicted octanol–water partition coefficient (Wildman–Crippen LogP) is 3.86. The lowest BCUT2D eigenvalue weighted by Gasteiger charge is -2.08. The van der Waals surface area contributed by atoms with Gasteiger partial charge >= 0.3 is 0 Å². The van der Waals surface area contributed by atoms with Gasteiger partial charge in [-0.1, -0.05) is 13.3 Å². The average molecular weight is 276 g/mol. The molecule has 2 rings (SSSR count). The maximum absolute atomic E-state index is 6.03. The zero-order valence-electron chi connectivity index (χ0n) is 11.5. The van der Waals surface area contributed by atoms with Gasteiger partial charge < -0.3 is 10.5 Å². The number of unbranched alkanes of at least 4 members (excludes halogenated alkanes) is 1. The lowest BCUT2D eigenvalue weighted by atomic mass is 10.1. The van der Waals surface area contributed by atoms with Crippen molar-refractivity contribution < 1.29 is 4.74 Å². The van der Waals surface area contributed by atoms with Crippen molar-refractivity contribution in [3.05, 3.63) is 29.8 Å². The third-order valence-corrected chi connectivity index (χ3v) is 4.13. The molecule has 0 aliphatic rings. The first-order valence-electron chi connectivity index (χ1n) is 6.55. The zero-order chi connectivity index (χ0) is 13.7. The van der Waals surface area contributed by atoms with Crippen molar-refractivity contribution in [2.75, 3.05) is 18.6 Å². The molecule has 0 aliphatic heterocycles. The van der Waals surface area contributed by atoms with Gasteiger partial charge in [-0.2, -0.15) is 11.8 Å². The third-order valence-electron chi connectivity index (χ3n) is 3.04. The number of hydrogen-bond donors (Lipinski definition) is 1. The molecule has 0 unspecified atom stereocenters. The molecule has 0 bridgehead atoms. The molecule has 3 nitrogen and oxygen atoms in total. The minimum Gasteiger partial charge on any atom is -0.497 e. The second-order valence-corrected chi connectivity index (χ2v) is 5.60. The van der Waals surface area contributed by atoms with Crippen LogP contribution in [0.15, 0.2) is 24.3 Å². The van der Waals surface area contributed by atoms with Crippen LogP contribution in [0.2, 0.25) is 0 Å². The van der Waals surface area contributed by atoms with Crippen LogP contribution in [-0.4, -0.2) is 17.8 Å². The number of pyridine rings is 1. The van der Waals surface area contributed by atoms with Crippen molar-refractivity contribution in [3.8, 4) is 5.75 Å². The van der Waals surface area contributed by atoms with E-state index in [1.165, 1.54) is 18.6 Å². The molecule has 0 spiro atoms.